The summed E-state index contributed by atoms with van der Waals surface area (Å²) in [5, 5.41) is -0.112. The van der Waals surface area contributed by atoms with Crippen LogP contribution in [0.2, 0.25) is 5.02 Å². The summed E-state index contributed by atoms with van der Waals surface area (Å²) < 4.78 is 48.9. The standard InChI is InChI=1S/C20H16ClF3O3/c1-26-18(25)15-10-19(15)7-6-11-2-4-13(9-14(11)19)27-17-5-3-12(8-16(17)21)20(22,23)24/h2-5,8-9,15H,6-7,10H2,1H3. The Morgan fingerprint density at radius 2 is 2.00 bits per heavy atom. The molecule has 27 heavy (non-hydrogen) atoms. The first kappa shape index (κ1) is 18.2. The van der Waals surface area contributed by atoms with Crippen LogP contribution in [0, 0.1) is 5.92 Å². The molecule has 0 bridgehead atoms. The lowest BCUT2D eigenvalue weighted by atomic mass is 9.95. The second kappa shape index (κ2) is 6.16. The summed E-state index contributed by atoms with van der Waals surface area (Å²) in [6, 6.07) is 8.55. The first-order valence-electron chi connectivity index (χ1n) is 8.50. The molecule has 3 nitrogen and oxygen atoms in total. The van der Waals surface area contributed by atoms with E-state index in [0.29, 0.717) is 5.75 Å². The molecule has 2 aromatic carbocycles. The Morgan fingerprint density at radius 3 is 2.67 bits per heavy atom. The van der Waals surface area contributed by atoms with Crippen LogP contribution in [-0.4, -0.2) is 13.1 Å². The number of alkyl halides is 3. The van der Waals surface area contributed by atoms with Crippen molar-refractivity contribution in [1.29, 1.82) is 0 Å². The Morgan fingerprint density at radius 1 is 1.22 bits per heavy atom. The Bertz CT molecular complexity index is 925. The number of carbonyl (C=O) groups is 1. The lowest BCUT2D eigenvalue weighted by Crippen LogP contribution is -2.13. The minimum Gasteiger partial charge on any atom is -0.469 e. The van der Waals surface area contributed by atoms with Crippen LogP contribution in [0.5, 0.6) is 11.5 Å². The Labute approximate surface area is 159 Å². The summed E-state index contributed by atoms with van der Waals surface area (Å²) >= 11 is 5.97. The molecule has 1 saturated carbocycles. The van der Waals surface area contributed by atoms with Crippen molar-refractivity contribution in [3.63, 3.8) is 0 Å². The molecular weight excluding hydrogens is 381 g/mol. The SMILES string of the molecule is COC(=O)C1CC12CCc1ccc(Oc3ccc(C(F)(F)F)cc3Cl)cc12. The van der Waals surface area contributed by atoms with Crippen molar-refractivity contribution < 1.29 is 27.4 Å². The van der Waals surface area contributed by atoms with Crippen molar-refractivity contribution >= 4 is 17.6 Å². The smallest absolute Gasteiger partial charge is 0.416 e. The molecule has 0 amide bonds. The molecule has 1 fully saturated rings. The first-order valence-corrected chi connectivity index (χ1v) is 8.88. The maximum atomic E-state index is 12.8. The number of halogens is 4. The van der Waals surface area contributed by atoms with Gasteiger partial charge < -0.3 is 9.47 Å². The average molecular weight is 397 g/mol. The van der Waals surface area contributed by atoms with Gasteiger partial charge in [-0.15, -0.1) is 0 Å². The number of rotatable bonds is 3. The lowest BCUT2D eigenvalue weighted by Gasteiger charge is -2.14. The summed E-state index contributed by atoms with van der Waals surface area (Å²) in [4.78, 5) is 11.9. The molecule has 4 rings (SSSR count). The average Bonchev–Trinajstić information content (AvgIpc) is 3.25. The van der Waals surface area contributed by atoms with Gasteiger partial charge in [-0.05, 0) is 60.7 Å². The molecule has 2 aliphatic rings. The predicted molar refractivity (Wildman–Crippen MR) is 93.1 cm³/mol. The number of esters is 1. The minimum atomic E-state index is -4.46. The van der Waals surface area contributed by atoms with Gasteiger partial charge in [0, 0.05) is 5.41 Å². The van der Waals surface area contributed by atoms with E-state index in [1.54, 1.807) is 6.07 Å². The molecule has 1 spiro atoms. The largest absolute Gasteiger partial charge is 0.469 e. The molecule has 2 atom stereocenters. The van der Waals surface area contributed by atoms with Gasteiger partial charge >= 0.3 is 12.1 Å². The zero-order valence-corrected chi connectivity index (χ0v) is 15.2. The molecule has 0 saturated heterocycles. The number of benzene rings is 2. The van der Waals surface area contributed by atoms with E-state index in [0.717, 1.165) is 42.5 Å². The summed E-state index contributed by atoms with van der Waals surface area (Å²) in [7, 11) is 1.39. The second-order valence-electron chi connectivity index (χ2n) is 7.00. The van der Waals surface area contributed by atoms with Crippen LogP contribution in [0.25, 0.3) is 0 Å². The van der Waals surface area contributed by atoms with Crippen molar-refractivity contribution in [2.75, 3.05) is 7.11 Å². The fraction of sp³-hybridized carbons (Fsp3) is 0.350. The van der Waals surface area contributed by atoms with Crippen LogP contribution < -0.4 is 4.74 Å². The van der Waals surface area contributed by atoms with Gasteiger partial charge in [0.1, 0.15) is 11.5 Å². The van der Waals surface area contributed by atoms with Crippen LogP contribution in [-0.2, 0) is 27.5 Å². The molecule has 0 heterocycles. The first-order chi connectivity index (χ1) is 12.7. The van der Waals surface area contributed by atoms with Gasteiger partial charge in [0.2, 0.25) is 0 Å². The lowest BCUT2D eigenvalue weighted by molar-refractivity contribution is -0.142. The van der Waals surface area contributed by atoms with Crippen molar-refractivity contribution in [2.45, 2.75) is 30.9 Å². The van der Waals surface area contributed by atoms with E-state index in [1.165, 1.54) is 13.2 Å². The van der Waals surface area contributed by atoms with E-state index in [4.69, 9.17) is 21.1 Å². The van der Waals surface area contributed by atoms with E-state index >= 15 is 0 Å². The number of hydrogen-bond donors (Lipinski definition) is 0. The third-order valence-electron chi connectivity index (χ3n) is 5.51. The molecule has 7 heteroatoms. The molecule has 142 valence electrons. The Hall–Kier alpha value is -2.21. The Balaban J connectivity index is 1.60. The summed E-state index contributed by atoms with van der Waals surface area (Å²) in [5.74, 6) is 0.276. The van der Waals surface area contributed by atoms with Gasteiger partial charge in [-0.25, -0.2) is 0 Å². The normalized spacial score (nSPS) is 23.2. The van der Waals surface area contributed by atoms with E-state index in [2.05, 4.69) is 0 Å². The molecule has 2 unspecified atom stereocenters. The molecule has 2 aromatic rings. The van der Waals surface area contributed by atoms with Crippen LogP contribution >= 0.6 is 11.6 Å². The molecule has 0 aliphatic heterocycles. The number of hydrogen-bond acceptors (Lipinski definition) is 3. The Kier molecular flexibility index (Phi) is 4.14. The number of aryl methyl sites for hydroxylation is 1. The third kappa shape index (κ3) is 3.06. The second-order valence-corrected chi connectivity index (χ2v) is 7.41. The summed E-state index contributed by atoms with van der Waals surface area (Å²) in [6.07, 6.45) is -1.95. The van der Waals surface area contributed by atoms with Crippen molar-refractivity contribution in [1.82, 2.24) is 0 Å². The molecule has 0 aromatic heterocycles. The zero-order valence-electron chi connectivity index (χ0n) is 14.4. The summed E-state index contributed by atoms with van der Waals surface area (Å²) in [5.41, 5.74) is 1.18. The van der Waals surface area contributed by atoms with Gasteiger partial charge in [0.15, 0.2) is 0 Å². The maximum absolute atomic E-state index is 12.8. The van der Waals surface area contributed by atoms with Gasteiger partial charge in [0.25, 0.3) is 0 Å². The highest BCUT2D eigenvalue weighted by molar-refractivity contribution is 6.32. The molecule has 0 N–H and O–H groups in total. The minimum absolute atomic E-state index is 0.112. The van der Waals surface area contributed by atoms with Crippen LogP contribution in [0.1, 0.15) is 29.5 Å². The highest BCUT2D eigenvalue weighted by Crippen LogP contribution is 2.62. The van der Waals surface area contributed by atoms with Crippen molar-refractivity contribution in [2.24, 2.45) is 5.92 Å². The number of fused-ring (bicyclic) bond motifs is 2. The van der Waals surface area contributed by atoms with Crippen molar-refractivity contribution in [3.8, 4) is 11.5 Å². The quantitative estimate of drug-likeness (QED) is 0.640. The van der Waals surface area contributed by atoms with Crippen molar-refractivity contribution in [3.05, 3.63) is 58.1 Å². The fourth-order valence-corrected chi connectivity index (χ4v) is 4.23. The molecular formula is C20H16ClF3O3. The monoisotopic (exact) mass is 396 g/mol. The highest BCUT2D eigenvalue weighted by atomic mass is 35.5. The van der Waals surface area contributed by atoms with E-state index in [-0.39, 0.29) is 28.1 Å². The number of carbonyl (C=O) groups excluding carboxylic acids is 1. The maximum Gasteiger partial charge on any atom is 0.416 e. The van der Waals surface area contributed by atoms with Gasteiger partial charge in [-0.2, -0.15) is 13.2 Å². The van der Waals surface area contributed by atoms with E-state index in [1.807, 2.05) is 12.1 Å². The summed E-state index contributed by atoms with van der Waals surface area (Å²) in [6.45, 7) is 0. The highest BCUT2D eigenvalue weighted by Gasteiger charge is 2.62. The van der Waals surface area contributed by atoms with E-state index < -0.39 is 11.7 Å². The van der Waals surface area contributed by atoms with Gasteiger partial charge in [-0.1, -0.05) is 17.7 Å². The number of ether oxygens (including phenoxy) is 2. The topological polar surface area (TPSA) is 35.5 Å². The molecule has 2 aliphatic carbocycles. The van der Waals surface area contributed by atoms with Crippen LogP contribution in [0.4, 0.5) is 13.2 Å². The third-order valence-corrected chi connectivity index (χ3v) is 5.80. The fourth-order valence-electron chi connectivity index (χ4n) is 4.01. The van der Waals surface area contributed by atoms with E-state index in [9.17, 15) is 18.0 Å². The van der Waals surface area contributed by atoms with Gasteiger partial charge in [-0.3, -0.25) is 4.79 Å². The number of methoxy groups -OCH3 is 1. The van der Waals surface area contributed by atoms with Gasteiger partial charge in [0.05, 0.1) is 23.6 Å². The zero-order chi connectivity index (χ0) is 19.4. The van der Waals surface area contributed by atoms with Crippen LogP contribution in [0.15, 0.2) is 36.4 Å². The predicted octanol–water partition coefficient (Wildman–Crippen LogP) is 5.53. The van der Waals surface area contributed by atoms with Crippen LogP contribution in [0.3, 0.4) is 0 Å². The molecule has 0 radical (unpaired) electrons.